The monoisotopic (exact) mass is 548 g/mol. The summed E-state index contributed by atoms with van der Waals surface area (Å²) in [4.78, 5) is 28.0. The Morgan fingerprint density at radius 3 is 2.33 bits per heavy atom. The van der Waals surface area contributed by atoms with E-state index in [1.54, 1.807) is 49.4 Å². The first kappa shape index (κ1) is 26.7. The number of phenolic OH excluding ortho intramolecular Hbond substituents is 1. The second kappa shape index (κ2) is 12.7. The Kier molecular flexibility index (Phi) is 9.41. The summed E-state index contributed by atoms with van der Waals surface area (Å²) < 4.78 is 0.773. The first-order chi connectivity index (χ1) is 17.3. The highest BCUT2D eigenvalue weighted by Gasteiger charge is 2.15. The van der Waals surface area contributed by atoms with E-state index in [1.807, 2.05) is 30.3 Å². The number of carbonyl (C=O) groups excluding carboxylic acids is 2. The van der Waals surface area contributed by atoms with Crippen LogP contribution in [0.15, 0.2) is 82.0 Å². The molecule has 7 nitrogen and oxygen atoms in total. The smallest absolute Gasteiger partial charge is 0.287 e. The lowest BCUT2D eigenvalue weighted by Crippen LogP contribution is -2.32. The minimum absolute atomic E-state index is 0.0336. The first-order valence-electron chi connectivity index (χ1n) is 11.6. The van der Waals surface area contributed by atoms with Crippen molar-refractivity contribution in [1.82, 2.24) is 10.7 Å². The van der Waals surface area contributed by atoms with E-state index >= 15 is 0 Å². The van der Waals surface area contributed by atoms with Crippen molar-refractivity contribution in [3.8, 4) is 5.75 Å². The third-order valence-corrected chi connectivity index (χ3v) is 5.98. The van der Waals surface area contributed by atoms with Crippen molar-refractivity contribution in [2.45, 2.75) is 20.8 Å². The molecule has 0 unspecified atom stereocenters. The average Bonchev–Trinajstić information content (AvgIpc) is 2.88. The zero-order valence-corrected chi connectivity index (χ0v) is 22.0. The molecule has 0 atom stereocenters. The van der Waals surface area contributed by atoms with Gasteiger partial charge in [0, 0.05) is 34.4 Å². The van der Waals surface area contributed by atoms with Crippen LogP contribution in [0.25, 0.3) is 6.08 Å². The van der Waals surface area contributed by atoms with Crippen molar-refractivity contribution in [2.24, 2.45) is 5.10 Å². The fourth-order valence-corrected chi connectivity index (χ4v) is 4.15. The molecule has 0 fully saturated rings. The van der Waals surface area contributed by atoms with Crippen LogP contribution in [0.5, 0.6) is 5.75 Å². The first-order valence-corrected chi connectivity index (χ1v) is 12.4. The van der Waals surface area contributed by atoms with E-state index in [-0.39, 0.29) is 11.4 Å². The number of anilines is 1. The Hall–Kier alpha value is -3.91. The number of benzene rings is 3. The molecule has 0 saturated heterocycles. The Morgan fingerprint density at radius 2 is 1.69 bits per heavy atom. The summed E-state index contributed by atoms with van der Waals surface area (Å²) >= 11 is 3.38. The van der Waals surface area contributed by atoms with Crippen LogP contribution < -0.4 is 15.6 Å². The molecule has 0 aliphatic heterocycles. The van der Waals surface area contributed by atoms with Crippen LogP contribution in [0.2, 0.25) is 0 Å². The molecular formula is C28H29BrN4O3. The van der Waals surface area contributed by atoms with E-state index in [9.17, 15) is 14.7 Å². The average molecular weight is 549 g/mol. The summed E-state index contributed by atoms with van der Waals surface area (Å²) in [5.41, 5.74) is 5.82. The van der Waals surface area contributed by atoms with Gasteiger partial charge in [-0.3, -0.25) is 9.59 Å². The molecule has 0 bridgehead atoms. The summed E-state index contributed by atoms with van der Waals surface area (Å²) in [6, 6.07) is 19.8. The largest absolute Gasteiger partial charge is 0.507 e. The molecule has 0 heterocycles. The number of aromatic hydroxyl groups is 1. The highest BCUT2D eigenvalue weighted by molar-refractivity contribution is 9.10. The predicted molar refractivity (Wildman–Crippen MR) is 148 cm³/mol. The predicted octanol–water partition coefficient (Wildman–Crippen LogP) is 5.23. The number of hydrazone groups is 1. The molecule has 8 heteroatoms. The van der Waals surface area contributed by atoms with Crippen molar-refractivity contribution < 1.29 is 14.7 Å². The highest BCUT2D eigenvalue weighted by atomic mass is 79.9. The standard InChI is InChI=1S/C28H29BrN4O3/c1-4-33(5-2)24-13-11-20(12-14-24)16-25(31-27(35)21-9-7-6-8-10-21)28(36)32-30-18-22-17-23(29)15-19(3)26(22)34/h6-18,34H,4-5H2,1-3H3,(H,31,35)(H,32,36)/b25-16?,30-18+. The number of nitrogens with zero attached hydrogens (tertiary/aromatic N) is 2. The van der Waals surface area contributed by atoms with E-state index in [2.05, 4.69) is 50.5 Å². The molecule has 3 aromatic carbocycles. The van der Waals surface area contributed by atoms with Crippen LogP contribution >= 0.6 is 15.9 Å². The van der Waals surface area contributed by atoms with Gasteiger partial charge in [-0.2, -0.15) is 5.10 Å². The summed E-state index contributed by atoms with van der Waals surface area (Å²) in [6.07, 6.45) is 2.94. The molecule has 0 saturated carbocycles. The van der Waals surface area contributed by atoms with E-state index in [4.69, 9.17) is 0 Å². The molecule has 0 radical (unpaired) electrons. The van der Waals surface area contributed by atoms with Gasteiger partial charge in [0.25, 0.3) is 11.8 Å². The minimum Gasteiger partial charge on any atom is -0.507 e. The van der Waals surface area contributed by atoms with E-state index in [1.165, 1.54) is 6.21 Å². The van der Waals surface area contributed by atoms with Crippen LogP contribution in [-0.4, -0.2) is 36.2 Å². The normalized spacial score (nSPS) is 11.4. The Morgan fingerprint density at radius 1 is 1.03 bits per heavy atom. The summed E-state index contributed by atoms with van der Waals surface area (Å²) in [6.45, 7) is 7.72. The van der Waals surface area contributed by atoms with Crippen molar-refractivity contribution in [2.75, 3.05) is 18.0 Å². The maximum absolute atomic E-state index is 13.0. The number of nitrogens with one attached hydrogen (secondary N) is 2. The molecule has 3 N–H and O–H groups in total. The number of halogens is 1. The topological polar surface area (TPSA) is 94.0 Å². The molecule has 186 valence electrons. The Bertz CT molecular complexity index is 1270. The third kappa shape index (κ3) is 7.05. The fraction of sp³-hybridized carbons (Fsp3) is 0.179. The molecule has 3 aromatic rings. The number of phenols is 1. The van der Waals surface area contributed by atoms with Crippen molar-refractivity contribution in [3.63, 3.8) is 0 Å². The van der Waals surface area contributed by atoms with Gasteiger partial charge in [-0.1, -0.05) is 46.3 Å². The molecule has 0 aliphatic rings. The molecule has 0 spiro atoms. The van der Waals surface area contributed by atoms with E-state index in [0.29, 0.717) is 16.7 Å². The van der Waals surface area contributed by atoms with Crippen LogP contribution in [0, 0.1) is 6.92 Å². The zero-order valence-electron chi connectivity index (χ0n) is 20.5. The maximum Gasteiger partial charge on any atom is 0.287 e. The van der Waals surface area contributed by atoms with E-state index in [0.717, 1.165) is 28.8 Å². The lowest BCUT2D eigenvalue weighted by Gasteiger charge is -2.21. The highest BCUT2D eigenvalue weighted by Crippen LogP contribution is 2.25. The van der Waals surface area contributed by atoms with Crippen LogP contribution in [0.3, 0.4) is 0 Å². The number of hydrogen-bond acceptors (Lipinski definition) is 5. The van der Waals surface area contributed by atoms with E-state index < -0.39 is 11.8 Å². The third-order valence-electron chi connectivity index (χ3n) is 5.53. The fourth-order valence-electron chi connectivity index (χ4n) is 3.56. The van der Waals surface area contributed by atoms with Crippen LogP contribution in [0.4, 0.5) is 5.69 Å². The van der Waals surface area contributed by atoms with Gasteiger partial charge in [-0.25, -0.2) is 5.43 Å². The van der Waals surface area contributed by atoms with Gasteiger partial charge >= 0.3 is 0 Å². The molecule has 2 amide bonds. The van der Waals surface area contributed by atoms with Crippen molar-refractivity contribution in [1.29, 1.82) is 0 Å². The molecule has 3 rings (SSSR count). The second-order valence-corrected chi connectivity index (χ2v) is 8.92. The number of carbonyl (C=O) groups is 2. The van der Waals surface area contributed by atoms with Gasteiger partial charge in [-0.05, 0) is 74.4 Å². The van der Waals surface area contributed by atoms with Gasteiger partial charge in [0.2, 0.25) is 0 Å². The summed E-state index contributed by atoms with van der Waals surface area (Å²) in [5, 5.41) is 16.9. The SMILES string of the molecule is CCN(CC)c1ccc(C=C(NC(=O)c2ccccc2)C(=O)N/N=C/c2cc(Br)cc(C)c2O)cc1. The Labute approximate surface area is 219 Å². The molecule has 36 heavy (non-hydrogen) atoms. The number of aryl methyl sites for hydroxylation is 1. The van der Waals surface area contributed by atoms with Crippen LogP contribution in [0.1, 0.15) is 40.9 Å². The summed E-state index contributed by atoms with van der Waals surface area (Å²) in [5.74, 6) is -0.951. The maximum atomic E-state index is 13.0. The number of rotatable bonds is 9. The molecule has 0 aliphatic carbocycles. The second-order valence-electron chi connectivity index (χ2n) is 8.00. The van der Waals surface area contributed by atoms with Crippen molar-refractivity contribution in [3.05, 3.63) is 99.2 Å². The van der Waals surface area contributed by atoms with Gasteiger partial charge < -0.3 is 15.3 Å². The lowest BCUT2D eigenvalue weighted by molar-refractivity contribution is -0.117. The summed E-state index contributed by atoms with van der Waals surface area (Å²) in [7, 11) is 0. The van der Waals surface area contributed by atoms with Crippen molar-refractivity contribution >= 4 is 45.7 Å². The van der Waals surface area contributed by atoms with Gasteiger partial charge in [0.15, 0.2) is 0 Å². The number of hydrogen-bond donors (Lipinski definition) is 3. The van der Waals surface area contributed by atoms with Crippen LogP contribution in [-0.2, 0) is 4.79 Å². The lowest BCUT2D eigenvalue weighted by atomic mass is 10.1. The number of amides is 2. The quantitative estimate of drug-likeness (QED) is 0.194. The molecule has 0 aromatic heterocycles. The molecular weight excluding hydrogens is 520 g/mol. The minimum atomic E-state index is -0.602. The van der Waals surface area contributed by atoms with Gasteiger partial charge in [0.05, 0.1) is 6.21 Å². The van der Waals surface area contributed by atoms with Gasteiger partial charge in [-0.15, -0.1) is 0 Å². The zero-order chi connectivity index (χ0) is 26.1. The van der Waals surface area contributed by atoms with Gasteiger partial charge in [0.1, 0.15) is 11.4 Å². The Balaban J connectivity index is 1.85.